The molecule has 0 spiro atoms. The van der Waals surface area contributed by atoms with Crippen molar-refractivity contribution < 1.29 is 78.4 Å². The maximum atomic E-state index is 13.4. The first-order valence-electron chi connectivity index (χ1n) is 41.7. The molecule has 0 radical (unpaired) electrons. The number of nitrogens with zero attached hydrogens (tertiary/aromatic N) is 7. The van der Waals surface area contributed by atoms with Gasteiger partial charge in [0.25, 0.3) is 0 Å². The Morgan fingerprint density at radius 1 is 0.365 bits per heavy atom. The monoisotopic (exact) mass is 1860 g/mol. The molecule has 18 rings (SSSR count). The number of carbonyl (C=O) groups excluding carboxylic acids is 2. The molecular weight excluding hydrogens is 1760 g/mol. The molecule has 37 heteroatoms. The predicted octanol–water partition coefficient (Wildman–Crippen LogP) is 18.5. The summed E-state index contributed by atoms with van der Waals surface area (Å²) in [6, 6.07) is 29.5. The van der Waals surface area contributed by atoms with Crippen molar-refractivity contribution >= 4 is 141 Å². The van der Waals surface area contributed by atoms with E-state index in [2.05, 4.69) is 48.2 Å². The summed E-state index contributed by atoms with van der Waals surface area (Å²) in [6.45, 7) is 10.3. The van der Waals surface area contributed by atoms with Crippen molar-refractivity contribution in [2.24, 2.45) is 0 Å². The van der Waals surface area contributed by atoms with Crippen LogP contribution >= 0.6 is 23.2 Å². The standard InChI is InChI=1S/C16H17F3N2O.C16H17N3O.C15H17F3N2O2S.2C14H17ClN2O2S.C14H16F2N2O2S/c1-10(22)21-6-4-11(5-7-21)14-9-20-15-3-2-12(8-13(14)15)16(17,18)19;1-11(20)19-6-4-13(5-7-19)15-10-18-16-8-12(9-17)2-3-14(15)16;1-23(21,22)20-6-4-10(5-7-20)13-9-19-14-3-2-11(8-12(13)14)15(16,17)18;1-20(18,19)17-6-4-10(5-7-17)13-9-16-14-3-2-11(15)8-12(13)14;1-20(18,19)17-7-5-10(6-8-17)12-9-16-14-11(12)3-2-4-13(14)15;1-21(19,20)18-4-2-9(3-5-18)11-8-17-14-7-13(16)12(15)6-10(11)14/h2-3,8-9,11,20H,4-7H2,1H3;2-3,8,10,13,18H,4-7H2,1H3;2-3,8-10,19H,4-7H2,1H3;2-3,8-10,16H,4-7H2,1H3;2-4,9-10,16H,5-8H2,1H3;6-9,17H,2-5H2,1H3. The SMILES string of the molecule is CC(=O)N1CCC(c2c[nH]c3cc(C#N)ccc23)CC1.CC(=O)N1CCC(c2c[nH]c3ccc(C(F)(F)F)cc23)CC1.CS(=O)(=O)N1CCC(c2c[nH]c3c(Cl)cccc23)CC1.CS(=O)(=O)N1CCC(c2c[nH]c3cc(F)c(F)cc23)CC1.CS(=O)(=O)N1CCC(c2c[nH]c3ccc(C(F)(F)F)cc23)CC1.CS(=O)(=O)N1CCC(c2c[nH]c3ccc(Cl)cc23)CC1. The lowest BCUT2D eigenvalue weighted by Gasteiger charge is -2.31. The van der Waals surface area contributed by atoms with Gasteiger partial charge in [-0.2, -0.15) is 31.6 Å². The molecule has 12 heterocycles. The van der Waals surface area contributed by atoms with Gasteiger partial charge in [0.15, 0.2) is 11.6 Å². The minimum atomic E-state index is -4.37. The van der Waals surface area contributed by atoms with Gasteiger partial charge in [-0.1, -0.05) is 41.4 Å². The van der Waals surface area contributed by atoms with Crippen LogP contribution in [0.15, 0.2) is 140 Å². The summed E-state index contributed by atoms with van der Waals surface area (Å²) in [7, 11) is -12.5. The molecule has 12 aromatic rings. The zero-order chi connectivity index (χ0) is 90.7. The van der Waals surface area contributed by atoms with Gasteiger partial charge in [0.2, 0.25) is 51.9 Å². The van der Waals surface area contributed by atoms with Gasteiger partial charge in [0.05, 0.1) is 58.3 Å². The van der Waals surface area contributed by atoms with E-state index in [9.17, 15) is 78.4 Å². The number of para-hydroxylation sites is 1. The predicted molar refractivity (Wildman–Crippen MR) is 476 cm³/mol. The number of halogens is 10. The number of carbonyl (C=O) groups is 2. The van der Waals surface area contributed by atoms with E-state index in [1.165, 1.54) is 86.0 Å². The lowest BCUT2D eigenvalue weighted by Crippen LogP contribution is -2.37. The fourth-order valence-electron chi connectivity index (χ4n) is 18.3. The lowest BCUT2D eigenvalue weighted by molar-refractivity contribution is -0.138. The summed E-state index contributed by atoms with van der Waals surface area (Å²) in [5.41, 5.74) is 10.9. The fraction of sp³-hybridized carbons (Fsp3) is 0.427. The quantitative estimate of drug-likeness (QED) is 0.0699. The molecule has 6 aromatic heterocycles. The number of hydrogen-bond donors (Lipinski definition) is 6. The molecule has 6 fully saturated rings. The summed E-state index contributed by atoms with van der Waals surface area (Å²) in [6.07, 6.45) is 17.2. The van der Waals surface area contributed by atoms with Crippen LogP contribution in [0.5, 0.6) is 0 Å². The van der Waals surface area contributed by atoms with E-state index in [0.717, 1.165) is 142 Å². The average molecular weight is 1860 g/mol. The van der Waals surface area contributed by atoms with Crippen LogP contribution in [0.4, 0.5) is 35.1 Å². The highest BCUT2D eigenvalue weighted by molar-refractivity contribution is 7.89. The number of H-pyrrole nitrogens is 6. The van der Waals surface area contributed by atoms with Crippen LogP contribution in [0.25, 0.3) is 65.4 Å². The Hall–Kier alpha value is -9.35. The summed E-state index contributed by atoms with van der Waals surface area (Å²) >= 11 is 12.2. The number of amides is 2. The third-order valence-electron chi connectivity index (χ3n) is 25.3. The van der Waals surface area contributed by atoms with Crippen LogP contribution in [-0.2, 0) is 62.0 Å². The number of rotatable bonds is 10. The highest BCUT2D eigenvalue weighted by Crippen LogP contribution is 2.43. The van der Waals surface area contributed by atoms with E-state index in [1.807, 2.05) is 65.8 Å². The van der Waals surface area contributed by atoms with Gasteiger partial charge in [-0.15, -0.1) is 0 Å². The molecule has 0 atom stereocenters. The highest BCUT2D eigenvalue weighted by atomic mass is 35.5. The van der Waals surface area contributed by atoms with Gasteiger partial charge in [-0.25, -0.2) is 59.7 Å². The second-order valence-electron chi connectivity index (χ2n) is 33.3. The van der Waals surface area contributed by atoms with E-state index in [1.54, 1.807) is 45.9 Å². The summed E-state index contributed by atoms with van der Waals surface area (Å²) in [4.78, 5) is 45.2. The molecule has 2 amide bonds. The number of nitrogens with one attached hydrogen (secondary N) is 6. The average Bonchev–Trinajstić information content (AvgIpc) is 1.64. The second-order valence-corrected chi connectivity index (χ2v) is 42.1. The van der Waals surface area contributed by atoms with Crippen molar-refractivity contribution in [1.29, 1.82) is 5.26 Å². The van der Waals surface area contributed by atoms with Gasteiger partial charge < -0.3 is 39.7 Å². The molecule has 0 unspecified atom stereocenters. The Bertz CT molecular complexity index is 6400. The lowest BCUT2D eigenvalue weighted by atomic mass is 9.89. The smallest absolute Gasteiger partial charge is 0.361 e. The van der Waals surface area contributed by atoms with E-state index < -0.39 is 75.2 Å². The molecule has 0 aliphatic carbocycles. The summed E-state index contributed by atoms with van der Waals surface area (Å²) in [5.74, 6) is 0.157. The molecule has 6 aliphatic rings. The van der Waals surface area contributed by atoms with Crippen LogP contribution in [0.1, 0.15) is 176 Å². The Morgan fingerprint density at radius 3 is 1.02 bits per heavy atom. The maximum absolute atomic E-state index is 13.4. The molecule has 6 aromatic carbocycles. The van der Waals surface area contributed by atoms with E-state index in [0.29, 0.717) is 142 Å². The minimum absolute atomic E-state index is 0.0525. The molecule has 6 saturated heterocycles. The first-order valence-corrected chi connectivity index (χ1v) is 49.8. The van der Waals surface area contributed by atoms with Gasteiger partial charge >= 0.3 is 12.4 Å². The van der Waals surface area contributed by atoms with Crippen molar-refractivity contribution in [3.8, 4) is 6.07 Å². The molecule has 6 N–H and O–H groups in total. The number of benzene rings is 6. The van der Waals surface area contributed by atoms with E-state index in [-0.39, 0.29) is 29.6 Å². The van der Waals surface area contributed by atoms with Crippen molar-refractivity contribution in [3.63, 3.8) is 0 Å². The topological polar surface area (TPSA) is 309 Å². The normalized spacial score (nSPS) is 18.0. The van der Waals surface area contributed by atoms with Crippen molar-refractivity contribution in [1.82, 2.24) is 56.9 Å². The number of nitriles is 1. The van der Waals surface area contributed by atoms with Crippen molar-refractivity contribution in [2.75, 3.05) is 104 Å². The summed E-state index contributed by atoms with van der Waals surface area (Å²) in [5, 5.41) is 15.8. The second kappa shape index (κ2) is 38.9. The number of fused-ring (bicyclic) bond motifs is 6. The number of hydrogen-bond acceptors (Lipinski definition) is 11. The van der Waals surface area contributed by atoms with Crippen LogP contribution in [0.2, 0.25) is 10.0 Å². The fourth-order valence-corrected chi connectivity index (χ4v) is 22.2. The van der Waals surface area contributed by atoms with Crippen molar-refractivity contribution in [2.45, 2.75) is 139 Å². The zero-order valence-electron chi connectivity index (χ0n) is 70.3. The van der Waals surface area contributed by atoms with Gasteiger partial charge in [0.1, 0.15) is 0 Å². The molecule has 6 aliphatic heterocycles. The molecule has 0 bridgehead atoms. The number of alkyl halides is 6. The number of aromatic amines is 6. The van der Waals surface area contributed by atoms with Gasteiger partial charge in [-0.3, -0.25) is 9.59 Å². The molecular formula is C89H101Cl2F8N13O10S4. The minimum Gasteiger partial charge on any atom is -0.361 e. The summed E-state index contributed by atoms with van der Waals surface area (Å²) < 4.78 is 202. The first kappa shape index (κ1) is 94.3. The number of piperidine rings is 6. The van der Waals surface area contributed by atoms with E-state index >= 15 is 0 Å². The third kappa shape index (κ3) is 22.5. The van der Waals surface area contributed by atoms with Crippen molar-refractivity contribution in [3.05, 3.63) is 212 Å². The largest absolute Gasteiger partial charge is 0.416 e. The number of sulfonamides is 4. The molecule has 0 saturated carbocycles. The Kier molecular flexibility index (Phi) is 29.1. The van der Waals surface area contributed by atoms with Crippen LogP contribution in [0.3, 0.4) is 0 Å². The third-order valence-corrected chi connectivity index (χ3v) is 31.0. The van der Waals surface area contributed by atoms with Crippen LogP contribution in [0, 0.1) is 23.0 Å². The van der Waals surface area contributed by atoms with E-state index in [4.69, 9.17) is 28.5 Å². The number of aromatic nitrogens is 6. The Labute approximate surface area is 736 Å². The maximum Gasteiger partial charge on any atom is 0.416 e. The van der Waals surface area contributed by atoms with Gasteiger partial charge in [0, 0.05) is 201 Å². The van der Waals surface area contributed by atoms with Gasteiger partial charge in [-0.05, 0) is 225 Å². The van der Waals surface area contributed by atoms with Crippen LogP contribution in [-0.4, -0.2) is 206 Å². The number of likely N-dealkylation sites (tertiary alicyclic amines) is 2. The first-order chi connectivity index (χ1) is 59.5. The molecule has 126 heavy (non-hydrogen) atoms. The molecule has 676 valence electrons. The highest BCUT2D eigenvalue weighted by Gasteiger charge is 2.37. The van der Waals surface area contributed by atoms with Crippen LogP contribution < -0.4 is 0 Å². The Balaban J connectivity index is 0.000000130. The molecule has 23 nitrogen and oxygen atoms in total. The Morgan fingerprint density at radius 2 is 0.667 bits per heavy atom. The zero-order valence-corrected chi connectivity index (χ0v) is 75.1.